The topological polar surface area (TPSA) is 66.5 Å². The number of nitrogens with zero attached hydrogens (tertiary/aromatic N) is 1. The predicted octanol–water partition coefficient (Wildman–Crippen LogP) is 2.84. The molecule has 1 amide bonds. The van der Waals surface area contributed by atoms with Crippen LogP contribution in [0.3, 0.4) is 0 Å². The van der Waals surface area contributed by atoms with Gasteiger partial charge in [0.05, 0.1) is 4.90 Å². The van der Waals surface area contributed by atoms with Crippen LogP contribution in [0.15, 0.2) is 29.2 Å². The fourth-order valence-electron chi connectivity index (χ4n) is 4.43. The molecule has 1 aliphatic heterocycles. The summed E-state index contributed by atoms with van der Waals surface area (Å²) in [7, 11) is -3.54. The number of carbonyl (C=O) groups is 1. The van der Waals surface area contributed by atoms with Crippen molar-refractivity contribution in [3.63, 3.8) is 0 Å². The fourth-order valence-corrected chi connectivity index (χ4v) is 6.02. The van der Waals surface area contributed by atoms with E-state index in [0.717, 1.165) is 37.7 Å². The van der Waals surface area contributed by atoms with Crippen LogP contribution in [0, 0.1) is 12.3 Å². The van der Waals surface area contributed by atoms with E-state index in [0.29, 0.717) is 18.0 Å². The van der Waals surface area contributed by atoms with E-state index in [-0.39, 0.29) is 17.4 Å². The number of aryl methyl sites for hydroxylation is 1. The molecule has 0 bridgehead atoms. The van der Waals surface area contributed by atoms with Crippen molar-refractivity contribution in [2.24, 2.45) is 5.41 Å². The molecule has 1 aromatic rings. The summed E-state index contributed by atoms with van der Waals surface area (Å²) in [4.78, 5) is 11.9. The molecule has 3 rings (SSSR count). The number of benzene rings is 1. The quantitative estimate of drug-likeness (QED) is 0.897. The molecule has 1 N–H and O–H groups in total. The first kappa shape index (κ1) is 18.4. The zero-order chi connectivity index (χ0) is 18.1. The molecule has 1 aliphatic carbocycles. The van der Waals surface area contributed by atoms with Gasteiger partial charge in [0.15, 0.2) is 0 Å². The van der Waals surface area contributed by atoms with Crippen molar-refractivity contribution < 1.29 is 13.2 Å². The highest BCUT2D eigenvalue weighted by atomic mass is 32.2. The third kappa shape index (κ3) is 4.06. The molecule has 2 aliphatic rings. The molecule has 1 unspecified atom stereocenters. The zero-order valence-electron chi connectivity index (χ0n) is 15.1. The lowest BCUT2D eigenvalue weighted by molar-refractivity contribution is -0.120. The number of piperidine rings is 1. The van der Waals surface area contributed by atoms with Crippen molar-refractivity contribution in [1.29, 1.82) is 0 Å². The Labute approximate surface area is 150 Å². The highest BCUT2D eigenvalue weighted by Crippen LogP contribution is 2.44. The van der Waals surface area contributed by atoms with Crippen LogP contribution in [0.25, 0.3) is 0 Å². The molecule has 0 radical (unpaired) electrons. The van der Waals surface area contributed by atoms with Gasteiger partial charge in [-0.05, 0) is 43.7 Å². The lowest BCUT2D eigenvalue weighted by Gasteiger charge is -2.47. The van der Waals surface area contributed by atoms with Crippen LogP contribution in [0.5, 0.6) is 0 Å². The van der Waals surface area contributed by atoms with E-state index in [1.54, 1.807) is 16.4 Å². The second-order valence-electron chi connectivity index (χ2n) is 7.77. The van der Waals surface area contributed by atoms with Gasteiger partial charge in [0.1, 0.15) is 0 Å². The van der Waals surface area contributed by atoms with Crippen molar-refractivity contribution in [2.45, 2.75) is 63.3 Å². The number of hydrogen-bond donors (Lipinski definition) is 1. The number of sulfonamides is 1. The Bertz CT molecular complexity index is 722. The molecular formula is C19H28N2O3S. The maximum Gasteiger partial charge on any atom is 0.243 e. The average Bonchev–Trinajstić information content (AvgIpc) is 2.55. The summed E-state index contributed by atoms with van der Waals surface area (Å²) in [6.07, 6.45) is 6.48. The average molecular weight is 365 g/mol. The van der Waals surface area contributed by atoms with E-state index >= 15 is 0 Å². The third-order valence-corrected chi connectivity index (χ3v) is 7.42. The van der Waals surface area contributed by atoms with Crippen LogP contribution in [-0.4, -0.2) is 37.8 Å². The van der Waals surface area contributed by atoms with E-state index in [9.17, 15) is 13.2 Å². The molecule has 138 valence electrons. The van der Waals surface area contributed by atoms with Gasteiger partial charge < -0.3 is 5.32 Å². The highest BCUT2D eigenvalue weighted by molar-refractivity contribution is 7.89. The Balaban J connectivity index is 1.89. The molecule has 6 heteroatoms. The van der Waals surface area contributed by atoms with Gasteiger partial charge in [0.25, 0.3) is 0 Å². The van der Waals surface area contributed by atoms with Crippen LogP contribution in [0.1, 0.15) is 51.0 Å². The van der Waals surface area contributed by atoms with Gasteiger partial charge in [0, 0.05) is 26.1 Å². The van der Waals surface area contributed by atoms with Gasteiger partial charge in [-0.1, -0.05) is 37.0 Å². The van der Waals surface area contributed by atoms with Gasteiger partial charge in [0.2, 0.25) is 15.9 Å². The van der Waals surface area contributed by atoms with Gasteiger partial charge in [-0.25, -0.2) is 8.42 Å². The first-order valence-corrected chi connectivity index (χ1v) is 10.6. The minimum atomic E-state index is -3.54. The normalized spacial score (nSPS) is 24.2. The largest absolute Gasteiger partial charge is 0.352 e. The van der Waals surface area contributed by atoms with Gasteiger partial charge in [-0.15, -0.1) is 0 Å². The molecule has 2 fully saturated rings. The summed E-state index contributed by atoms with van der Waals surface area (Å²) in [5, 5.41) is 2.97. The minimum Gasteiger partial charge on any atom is -0.352 e. The molecule has 1 saturated carbocycles. The number of nitrogens with one attached hydrogen (secondary N) is 1. The summed E-state index contributed by atoms with van der Waals surface area (Å²) >= 11 is 0. The van der Waals surface area contributed by atoms with Crippen LogP contribution in [-0.2, 0) is 14.8 Å². The summed E-state index contributed by atoms with van der Waals surface area (Å²) < 4.78 is 27.9. The summed E-state index contributed by atoms with van der Waals surface area (Å²) in [6.45, 7) is 4.37. The van der Waals surface area contributed by atoms with Crippen molar-refractivity contribution in [2.75, 3.05) is 13.1 Å². The standard InChI is InChI=1S/C19H28N2O3S/c1-15-6-8-18(9-7-15)25(23,24)21-13-17(20-16(2)22)12-19(14-21)10-4-3-5-11-19/h6-9,17H,3-5,10-14H2,1-2H3,(H,20,22). The van der Waals surface area contributed by atoms with Crippen molar-refractivity contribution >= 4 is 15.9 Å². The first-order valence-electron chi connectivity index (χ1n) is 9.15. The maximum absolute atomic E-state index is 13.2. The van der Waals surface area contributed by atoms with Crippen molar-refractivity contribution in [1.82, 2.24) is 9.62 Å². The second kappa shape index (κ2) is 7.08. The lowest BCUT2D eigenvalue weighted by atomic mass is 9.68. The van der Waals surface area contributed by atoms with Gasteiger partial charge >= 0.3 is 0 Å². The Hall–Kier alpha value is -1.40. The third-order valence-electron chi connectivity index (χ3n) is 5.60. The van der Waals surface area contributed by atoms with Gasteiger partial charge in [-0.2, -0.15) is 4.31 Å². The molecule has 1 saturated heterocycles. The number of carbonyl (C=O) groups excluding carboxylic acids is 1. The Morgan fingerprint density at radius 3 is 2.40 bits per heavy atom. The summed E-state index contributed by atoms with van der Waals surface area (Å²) in [5.74, 6) is -0.0921. The van der Waals surface area contributed by atoms with Crippen LogP contribution < -0.4 is 5.32 Å². The number of hydrogen-bond acceptors (Lipinski definition) is 3. The first-order chi connectivity index (χ1) is 11.8. The van der Waals surface area contributed by atoms with E-state index in [2.05, 4.69) is 5.32 Å². The molecule has 25 heavy (non-hydrogen) atoms. The summed E-state index contributed by atoms with van der Waals surface area (Å²) in [5.41, 5.74) is 1.04. The molecule has 1 heterocycles. The molecule has 1 spiro atoms. The van der Waals surface area contributed by atoms with Crippen LogP contribution >= 0.6 is 0 Å². The molecule has 5 nitrogen and oxygen atoms in total. The van der Waals surface area contributed by atoms with E-state index in [4.69, 9.17) is 0 Å². The van der Waals surface area contributed by atoms with Crippen LogP contribution in [0.2, 0.25) is 0 Å². The monoisotopic (exact) mass is 364 g/mol. The summed E-state index contributed by atoms with van der Waals surface area (Å²) in [6, 6.07) is 6.92. The van der Waals surface area contributed by atoms with Gasteiger partial charge in [-0.3, -0.25) is 4.79 Å². The van der Waals surface area contributed by atoms with E-state index in [1.165, 1.54) is 13.3 Å². The molecule has 1 aromatic carbocycles. The smallest absolute Gasteiger partial charge is 0.243 e. The molecule has 1 atom stereocenters. The highest BCUT2D eigenvalue weighted by Gasteiger charge is 2.44. The Morgan fingerprint density at radius 2 is 1.80 bits per heavy atom. The Morgan fingerprint density at radius 1 is 1.16 bits per heavy atom. The zero-order valence-corrected chi connectivity index (χ0v) is 15.9. The Kier molecular flexibility index (Phi) is 5.21. The SMILES string of the molecule is CC(=O)NC1CN(S(=O)(=O)c2ccc(C)cc2)CC2(CCCCC2)C1. The fraction of sp³-hybridized carbons (Fsp3) is 0.632. The van der Waals surface area contributed by atoms with E-state index < -0.39 is 10.0 Å². The number of rotatable bonds is 3. The van der Waals surface area contributed by atoms with E-state index in [1.807, 2.05) is 19.1 Å². The second-order valence-corrected chi connectivity index (χ2v) is 9.71. The van der Waals surface area contributed by atoms with Crippen molar-refractivity contribution in [3.05, 3.63) is 29.8 Å². The minimum absolute atomic E-state index is 0.00137. The molecule has 0 aromatic heterocycles. The lowest BCUT2D eigenvalue weighted by Crippen LogP contribution is -2.56. The maximum atomic E-state index is 13.2. The predicted molar refractivity (Wildman–Crippen MR) is 97.7 cm³/mol. The van der Waals surface area contributed by atoms with Crippen molar-refractivity contribution in [3.8, 4) is 0 Å². The number of amides is 1. The van der Waals surface area contributed by atoms with Crippen LogP contribution in [0.4, 0.5) is 0 Å². The molecular weight excluding hydrogens is 336 g/mol.